The number of hydrogen-bond acceptors (Lipinski definition) is 6. The van der Waals surface area contributed by atoms with Crippen molar-refractivity contribution in [2.24, 2.45) is 7.05 Å². The number of furan rings is 1. The summed E-state index contributed by atoms with van der Waals surface area (Å²) in [6, 6.07) is 3.91. The van der Waals surface area contributed by atoms with Crippen LogP contribution in [0.5, 0.6) is 0 Å². The Morgan fingerprint density at radius 2 is 2.19 bits per heavy atom. The van der Waals surface area contributed by atoms with Crippen LogP contribution < -0.4 is 0 Å². The highest BCUT2D eigenvalue weighted by Crippen LogP contribution is 2.27. The van der Waals surface area contributed by atoms with E-state index >= 15 is 0 Å². The molecule has 3 rings (SSSR count). The summed E-state index contributed by atoms with van der Waals surface area (Å²) in [5.74, 6) is -1.47. The number of methoxy groups -OCH3 is 1. The van der Waals surface area contributed by atoms with Crippen molar-refractivity contribution in [2.45, 2.75) is 25.2 Å². The minimum absolute atomic E-state index is 0.309. The molecule has 0 aliphatic carbocycles. The largest absolute Gasteiger partial charge is 0.490 e. The normalized spacial score (nSPS) is 17.3. The molecule has 26 heavy (non-hydrogen) atoms. The van der Waals surface area contributed by atoms with Gasteiger partial charge >= 0.3 is 12.1 Å². The fourth-order valence-corrected chi connectivity index (χ4v) is 2.77. The number of rotatable bonds is 4. The Balaban J connectivity index is 0.000000298. The number of alkyl halides is 3. The molecule has 2 aromatic heterocycles. The molecule has 2 aromatic rings. The maximum atomic E-state index is 10.6. The number of fused-ring (bicyclic) bond motifs is 1. The summed E-state index contributed by atoms with van der Waals surface area (Å²) in [7, 11) is 3.67. The van der Waals surface area contributed by atoms with Gasteiger partial charge in [0.15, 0.2) is 0 Å². The van der Waals surface area contributed by atoms with E-state index in [0.29, 0.717) is 12.5 Å². The van der Waals surface area contributed by atoms with Crippen LogP contribution in [0, 0.1) is 0 Å². The molecule has 0 bridgehead atoms. The number of aliphatic carboxylic acids is 1. The first-order valence-electron chi connectivity index (χ1n) is 7.64. The van der Waals surface area contributed by atoms with Gasteiger partial charge in [-0.2, -0.15) is 13.2 Å². The van der Waals surface area contributed by atoms with Crippen LogP contribution in [0.4, 0.5) is 13.2 Å². The number of carboxylic acids is 1. The third-order valence-electron chi connectivity index (χ3n) is 3.75. The van der Waals surface area contributed by atoms with Crippen LogP contribution >= 0.6 is 0 Å². The molecule has 1 unspecified atom stereocenters. The molecule has 1 aliphatic heterocycles. The van der Waals surface area contributed by atoms with E-state index in [-0.39, 0.29) is 0 Å². The van der Waals surface area contributed by atoms with Crippen molar-refractivity contribution >= 4 is 5.97 Å². The van der Waals surface area contributed by atoms with Crippen LogP contribution in [-0.2, 0) is 29.7 Å². The van der Waals surface area contributed by atoms with Gasteiger partial charge in [0.05, 0.1) is 25.1 Å². The maximum Gasteiger partial charge on any atom is 0.490 e. The van der Waals surface area contributed by atoms with Gasteiger partial charge in [-0.25, -0.2) is 4.79 Å². The molecular formula is C15H19F3N4O4. The molecule has 0 saturated carbocycles. The Kier molecular flexibility index (Phi) is 6.37. The van der Waals surface area contributed by atoms with Crippen molar-refractivity contribution in [3.05, 3.63) is 35.5 Å². The van der Waals surface area contributed by atoms with Gasteiger partial charge in [0.25, 0.3) is 0 Å². The van der Waals surface area contributed by atoms with Gasteiger partial charge in [-0.3, -0.25) is 9.58 Å². The second-order valence-corrected chi connectivity index (χ2v) is 5.75. The number of ether oxygens (including phenoxy) is 1. The van der Waals surface area contributed by atoms with E-state index in [2.05, 4.69) is 15.2 Å². The third kappa shape index (κ3) is 5.05. The lowest BCUT2D eigenvalue weighted by molar-refractivity contribution is -0.192. The van der Waals surface area contributed by atoms with Crippen molar-refractivity contribution in [3.63, 3.8) is 0 Å². The van der Waals surface area contributed by atoms with Gasteiger partial charge in [-0.15, -0.1) is 5.10 Å². The highest BCUT2D eigenvalue weighted by molar-refractivity contribution is 5.73. The zero-order valence-electron chi connectivity index (χ0n) is 14.2. The number of carbonyl (C=O) groups is 1. The van der Waals surface area contributed by atoms with Crippen molar-refractivity contribution < 1.29 is 32.2 Å². The number of aromatic nitrogens is 3. The molecular weight excluding hydrogens is 357 g/mol. The molecule has 0 saturated heterocycles. The first-order chi connectivity index (χ1) is 12.2. The van der Waals surface area contributed by atoms with Gasteiger partial charge in [-0.1, -0.05) is 5.21 Å². The fraction of sp³-hybridized carbons (Fsp3) is 0.533. The van der Waals surface area contributed by atoms with Crippen molar-refractivity contribution in [1.29, 1.82) is 0 Å². The number of aryl methyl sites for hydroxylation is 1. The van der Waals surface area contributed by atoms with Crippen molar-refractivity contribution in [2.75, 3.05) is 20.3 Å². The van der Waals surface area contributed by atoms with Gasteiger partial charge in [0, 0.05) is 33.2 Å². The second-order valence-electron chi connectivity index (χ2n) is 5.75. The zero-order valence-corrected chi connectivity index (χ0v) is 14.2. The summed E-state index contributed by atoms with van der Waals surface area (Å²) >= 11 is 0. The predicted molar refractivity (Wildman–Crippen MR) is 82.1 cm³/mol. The van der Waals surface area contributed by atoms with Gasteiger partial charge < -0.3 is 14.3 Å². The first kappa shape index (κ1) is 19.9. The number of halogens is 3. The first-order valence-corrected chi connectivity index (χ1v) is 7.64. The summed E-state index contributed by atoms with van der Waals surface area (Å²) < 4.78 is 44.3. The lowest BCUT2D eigenvalue weighted by Gasteiger charge is -2.31. The summed E-state index contributed by atoms with van der Waals surface area (Å²) in [6.45, 7) is 3.22. The molecule has 0 spiro atoms. The highest BCUT2D eigenvalue weighted by atomic mass is 19.4. The number of hydrogen-bond donors (Lipinski definition) is 1. The van der Waals surface area contributed by atoms with E-state index in [1.165, 1.54) is 5.69 Å². The molecule has 0 radical (unpaired) electrons. The summed E-state index contributed by atoms with van der Waals surface area (Å²) in [6.07, 6.45) is -3.38. The van der Waals surface area contributed by atoms with Crippen LogP contribution in [0.25, 0.3) is 0 Å². The summed E-state index contributed by atoms with van der Waals surface area (Å²) in [4.78, 5) is 11.2. The molecule has 11 heteroatoms. The predicted octanol–water partition coefficient (Wildman–Crippen LogP) is 1.79. The molecule has 0 fully saturated rings. The topological polar surface area (TPSA) is 93.6 Å². The monoisotopic (exact) mass is 376 g/mol. The standard InChI is InChI=1S/C13H18N4O2.C2HF3O2/c1-16-13-10(9-18-2)6-17(8-12(13)14-15-16)7-11-4-3-5-19-11;3-2(4,5)1(6)7/h3-5,10H,6-9H2,1-2H3;(H,6,7). The van der Waals surface area contributed by atoms with E-state index in [9.17, 15) is 13.2 Å². The smallest absolute Gasteiger partial charge is 0.475 e. The van der Waals surface area contributed by atoms with Gasteiger partial charge in [0.2, 0.25) is 0 Å². The SMILES string of the molecule is COCC1CN(Cc2ccco2)Cc2nnn(C)c21.O=C(O)C(F)(F)F. The Morgan fingerprint density at radius 1 is 1.50 bits per heavy atom. The lowest BCUT2D eigenvalue weighted by atomic mass is 9.99. The third-order valence-corrected chi connectivity index (χ3v) is 3.75. The van der Waals surface area contributed by atoms with Crippen molar-refractivity contribution in [3.8, 4) is 0 Å². The molecule has 3 heterocycles. The fourth-order valence-electron chi connectivity index (χ4n) is 2.77. The second kappa shape index (κ2) is 8.32. The summed E-state index contributed by atoms with van der Waals surface area (Å²) in [5, 5.41) is 15.5. The van der Waals surface area contributed by atoms with E-state index in [0.717, 1.165) is 31.1 Å². The minimum Gasteiger partial charge on any atom is -0.475 e. The molecule has 0 aromatic carbocycles. The van der Waals surface area contributed by atoms with Crippen LogP contribution in [0.15, 0.2) is 22.8 Å². The average molecular weight is 376 g/mol. The van der Waals surface area contributed by atoms with Gasteiger partial charge in [0.1, 0.15) is 11.5 Å². The summed E-state index contributed by atoms with van der Waals surface area (Å²) in [5.41, 5.74) is 2.24. The maximum absolute atomic E-state index is 10.6. The van der Waals surface area contributed by atoms with E-state index in [1.54, 1.807) is 13.4 Å². The molecule has 1 aliphatic rings. The molecule has 144 valence electrons. The van der Waals surface area contributed by atoms with Crippen LogP contribution in [0.3, 0.4) is 0 Å². The van der Waals surface area contributed by atoms with Crippen molar-refractivity contribution in [1.82, 2.24) is 19.9 Å². The molecule has 1 atom stereocenters. The van der Waals surface area contributed by atoms with Crippen LogP contribution in [-0.4, -0.2) is 57.4 Å². The Hall–Kier alpha value is -2.40. The van der Waals surface area contributed by atoms with E-state index in [4.69, 9.17) is 19.1 Å². The number of carboxylic acid groups (broad SMARTS) is 1. The van der Waals surface area contributed by atoms with E-state index in [1.807, 2.05) is 23.9 Å². The molecule has 1 N–H and O–H groups in total. The Labute approximate surface area is 147 Å². The highest BCUT2D eigenvalue weighted by Gasteiger charge is 2.38. The molecule has 8 nitrogen and oxygen atoms in total. The van der Waals surface area contributed by atoms with Gasteiger partial charge in [-0.05, 0) is 12.1 Å². The Bertz CT molecular complexity index is 715. The van der Waals surface area contributed by atoms with Crippen LogP contribution in [0.1, 0.15) is 23.1 Å². The quantitative estimate of drug-likeness (QED) is 0.869. The molecule has 0 amide bonds. The average Bonchev–Trinajstić information content (AvgIpc) is 3.18. The zero-order chi connectivity index (χ0) is 19.3. The minimum atomic E-state index is -5.08. The lowest BCUT2D eigenvalue weighted by Crippen LogP contribution is -2.35. The number of nitrogens with zero attached hydrogens (tertiary/aromatic N) is 4. The van der Waals surface area contributed by atoms with E-state index < -0.39 is 12.1 Å². The van der Waals surface area contributed by atoms with Crippen LogP contribution in [0.2, 0.25) is 0 Å². The Morgan fingerprint density at radius 3 is 2.73 bits per heavy atom.